The Labute approximate surface area is 75.6 Å². The Kier molecular flexibility index (Phi) is 4.75. The summed E-state index contributed by atoms with van der Waals surface area (Å²) in [5.41, 5.74) is 5.65. The second-order valence-corrected chi connectivity index (χ2v) is 4.18. The molecule has 0 rings (SSSR count). The number of nitrogens with two attached hydrogens (primary N) is 1. The fraction of sp³-hybridized carbons (Fsp3) is 1.00. The molecule has 0 bridgehead atoms. The summed E-state index contributed by atoms with van der Waals surface area (Å²) < 4.78 is 0. The Hall–Kier alpha value is -0.120. The molecule has 74 valence electrons. The quantitative estimate of drug-likeness (QED) is 0.629. The fourth-order valence-corrected chi connectivity index (χ4v) is 0.928. The summed E-state index contributed by atoms with van der Waals surface area (Å²) in [4.78, 5) is 2.19. The summed E-state index contributed by atoms with van der Waals surface area (Å²) >= 11 is 0. The molecule has 1 atom stereocenters. The fourth-order valence-electron chi connectivity index (χ4n) is 0.928. The number of aliphatic hydroxyl groups excluding tert-OH is 1. The summed E-state index contributed by atoms with van der Waals surface area (Å²) in [6, 6.07) is 0. The van der Waals surface area contributed by atoms with Crippen molar-refractivity contribution in [2.75, 3.05) is 26.7 Å². The summed E-state index contributed by atoms with van der Waals surface area (Å²) in [5, 5.41) is 8.86. The predicted octanol–water partition coefficient (Wildman–Crippen LogP) is 0.284. The molecule has 0 aromatic rings. The molecule has 0 spiro atoms. The van der Waals surface area contributed by atoms with Gasteiger partial charge >= 0.3 is 0 Å². The van der Waals surface area contributed by atoms with Crippen molar-refractivity contribution in [3.05, 3.63) is 0 Å². The maximum atomic E-state index is 8.86. The van der Waals surface area contributed by atoms with E-state index in [1.165, 1.54) is 0 Å². The molecule has 3 N–H and O–H groups in total. The molecule has 3 heteroatoms. The van der Waals surface area contributed by atoms with Crippen molar-refractivity contribution in [3.63, 3.8) is 0 Å². The topological polar surface area (TPSA) is 49.5 Å². The van der Waals surface area contributed by atoms with Crippen LogP contribution < -0.4 is 5.73 Å². The van der Waals surface area contributed by atoms with Crippen molar-refractivity contribution in [2.45, 2.75) is 26.3 Å². The van der Waals surface area contributed by atoms with Crippen LogP contribution in [0, 0.1) is 5.92 Å². The summed E-state index contributed by atoms with van der Waals surface area (Å²) in [6.07, 6.45) is 0. The van der Waals surface area contributed by atoms with Gasteiger partial charge in [-0.05, 0) is 26.8 Å². The molecule has 0 aliphatic rings. The standard InChI is InChI=1S/C9H22N2O/c1-8(6-12)5-11(4)9(2,3)7-10/h8,12H,5-7,10H2,1-4H3. The molecular formula is C9H22N2O. The molecule has 1 unspecified atom stereocenters. The van der Waals surface area contributed by atoms with Gasteiger partial charge in [0.05, 0.1) is 0 Å². The molecule has 0 fully saturated rings. The lowest BCUT2D eigenvalue weighted by Crippen LogP contribution is -2.48. The zero-order valence-corrected chi connectivity index (χ0v) is 8.67. The lowest BCUT2D eigenvalue weighted by atomic mass is 10.0. The molecule has 3 nitrogen and oxygen atoms in total. The molecule has 12 heavy (non-hydrogen) atoms. The van der Waals surface area contributed by atoms with Gasteiger partial charge in [0.2, 0.25) is 0 Å². The second kappa shape index (κ2) is 4.80. The van der Waals surface area contributed by atoms with Gasteiger partial charge in [-0.15, -0.1) is 0 Å². The molecule has 0 aromatic carbocycles. The molecule has 0 saturated heterocycles. The van der Waals surface area contributed by atoms with Crippen molar-refractivity contribution in [3.8, 4) is 0 Å². The van der Waals surface area contributed by atoms with Crippen LogP contribution in [0.25, 0.3) is 0 Å². The van der Waals surface area contributed by atoms with Gasteiger partial charge in [0.25, 0.3) is 0 Å². The maximum absolute atomic E-state index is 8.86. The van der Waals surface area contributed by atoms with Gasteiger partial charge in [0.1, 0.15) is 0 Å². The third-order valence-electron chi connectivity index (χ3n) is 2.43. The van der Waals surface area contributed by atoms with E-state index in [2.05, 4.69) is 18.7 Å². The van der Waals surface area contributed by atoms with E-state index in [1.54, 1.807) is 0 Å². The van der Waals surface area contributed by atoms with E-state index in [-0.39, 0.29) is 12.1 Å². The van der Waals surface area contributed by atoms with Gasteiger partial charge in [-0.25, -0.2) is 0 Å². The molecule has 0 saturated carbocycles. The molecule has 0 aliphatic heterocycles. The molecule has 0 amide bonds. The Bertz CT molecular complexity index is 126. The number of hydrogen-bond donors (Lipinski definition) is 2. The molecule has 0 aliphatic carbocycles. The predicted molar refractivity (Wildman–Crippen MR) is 52.0 cm³/mol. The van der Waals surface area contributed by atoms with Gasteiger partial charge < -0.3 is 10.8 Å². The number of nitrogens with zero attached hydrogens (tertiary/aromatic N) is 1. The molecule has 0 heterocycles. The number of aliphatic hydroxyl groups is 1. The maximum Gasteiger partial charge on any atom is 0.0468 e. The van der Waals surface area contributed by atoms with Gasteiger partial charge in [-0.1, -0.05) is 6.92 Å². The lowest BCUT2D eigenvalue weighted by molar-refractivity contribution is 0.117. The smallest absolute Gasteiger partial charge is 0.0468 e. The Morgan fingerprint density at radius 1 is 1.50 bits per heavy atom. The van der Waals surface area contributed by atoms with E-state index in [1.807, 2.05) is 14.0 Å². The van der Waals surface area contributed by atoms with Crippen LogP contribution in [0.5, 0.6) is 0 Å². The summed E-state index contributed by atoms with van der Waals surface area (Å²) in [6.45, 7) is 8.02. The largest absolute Gasteiger partial charge is 0.396 e. The Balaban J connectivity index is 3.93. The Morgan fingerprint density at radius 2 is 2.00 bits per heavy atom. The summed E-state index contributed by atoms with van der Waals surface area (Å²) in [7, 11) is 2.04. The molecule has 0 radical (unpaired) electrons. The zero-order chi connectivity index (χ0) is 9.78. The van der Waals surface area contributed by atoms with Gasteiger partial charge in [0, 0.05) is 25.2 Å². The first kappa shape index (κ1) is 11.9. The van der Waals surface area contributed by atoms with Crippen LogP contribution in [0.15, 0.2) is 0 Å². The first-order valence-electron chi connectivity index (χ1n) is 4.46. The van der Waals surface area contributed by atoms with E-state index in [0.29, 0.717) is 12.5 Å². The van der Waals surface area contributed by atoms with Gasteiger partial charge in [0.15, 0.2) is 0 Å². The second-order valence-electron chi connectivity index (χ2n) is 4.18. The van der Waals surface area contributed by atoms with Crippen molar-refractivity contribution in [1.82, 2.24) is 4.90 Å². The first-order valence-corrected chi connectivity index (χ1v) is 4.46. The van der Waals surface area contributed by atoms with E-state index in [4.69, 9.17) is 10.8 Å². The SMILES string of the molecule is CC(CO)CN(C)C(C)(C)CN. The van der Waals surface area contributed by atoms with E-state index in [9.17, 15) is 0 Å². The highest BCUT2D eigenvalue weighted by atomic mass is 16.3. The van der Waals surface area contributed by atoms with Crippen molar-refractivity contribution < 1.29 is 5.11 Å². The number of likely N-dealkylation sites (N-methyl/N-ethyl adjacent to an activating group) is 1. The lowest BCUT2D eigenvalue weighted by Gasteiger charge is -2.35. The average molecular weight is 174 g/mol. The normalized spacial score (nSPS) is 15.2. The van der Waals surface area contributed by atoms with Crippen LogP contribution in [0.3, 0.4) is 0 Å². The van der Waals surface area contributed by atoms with Gasteiger partial charge in [-0.2, -0.15) is 0 Å². The monoisotopic (exact) mass is 174 g/mol. The summed E-state index contributed by atoms with van der Waals surface area (Å²) in [5.74, 6) is 0.320. The minimum Gasteiger partial charge on any atom is -0.396 e. The van der Waals surface area contributed by atoms with Gasteiger partial charge in [-0.3, -0.25) is 4.90 Å². The zero-order valence-electron chi connectivity index (χ0n) is 8.67. The Morgan fingerprint density at radius 3 is 2.33 bits per heavy atom. The average Bonchev–Trinajstić information content (AvgIpc) is 2.04. The minimum absolute atomic E-state index is 0.0312. The van der Waals surface area contributed by atoms with Crippen molar-refractivity contribution >= 4 is 0 Å². The number of rotatable bonds is 5. The highest BCUT2D eigenvalue weighted by Gasteiger charge is 2.22. The van der Waals surface area contributed by atoms with Crippen molar-refractivity contribution in [2.24, 2.45) is 11.7 Å². The van der Waals surface area contributed by atoms with E-state index in [0.717, 1.165) is 6.54 Å². The van der Waals surface area contributed by atoms with Crippen LogP contribution in [0.1, 0.15) is 20.8 Å². The van der Waals surface area contributed by atoms with Crippen LogP contribution >= 0.6 is 0 Å². The van der Waals surface area contributed by atoms with E-state index >= 15 is 0 Å². The highest BCUT2D eigenvalue weighted by Crippen LogP contribution is 2.11. The molecular weight excluding hydrogens is 152 g/mol. The molecule has 0 aromatic heterocycles. The van der Waals surface area contributed by atoms with E-state index < -0.39 is 0 Å². The van der Waals surface area contributed by atoms with Crippen LogP contribution in [0.4, 0.5) is 0 Å². The highest BCUT2D eigenvalue weighted by molar-refractivity contribution is 4.80. The number of hydrogen-bond acceptors (Lipinski definition) is 3. The van der Waals surface area contributed by atoms with Crippen LogP contribution in [0.2, 0.25) is 0 Å². The third-order valence-corrected chi connectivity index (χ3v) is 2.43. The third kappa shape index (κ3) is 3.52. The first-order chi connectivity index (χ1) is 5.44. The minimum atomic E-state index is 0.0312. The van der Waals surface area contributed by atoms with Crippen molar-refractivity contribution in [1.29, 1.82) is 0 Å². The van der Waals surface area contributed by atoms with Crippen LogP contribution in [-0.2, 0) is 0 Å². The van der Waals surface area contributed by atoms with Crippen LogP contribution in [-0.4, -0.2) is 42.3 Å².